The molecular weight excluding hydrogens is 441 g/mol. The smallest absolute Gasteiger partial charge is 0.402 e. The maximum Gasteiger partial charge on any atom is 0.402 e. The van der Waals surface area contributed by atoms with Crippen LogP contribution >= 0.6 is 36.6 Å². The van der Waals surface area contributed by atoms with E-state index in [0.29, 0.717) is 0 Å². The van der Waals surface area contributed by atoms with E-state index in [9.17, 15) is 5.11 Å². The van der Waals surface area contributed by atoms with Gasteiger partial charge in [0, 0.05) is 50.6 Å². The first-order chi connectivity index (χ1) is 13.3. The van der Waals surface area contributed by atoms with Gasteiger partial charge in [-0.3, -0.25) is 0 Å². The molecule has 1 aliphatic rings. The molecule has 2 aromatic rings. The van der Waals surface area contributed by atoms with Crippen molar-refractivity contribution >= 4 is 47.5 Å². The first-order valence-electron chi connectivity index (χ1n) is 9.79. The number of aliphatic hydroxyl groups is 1. The Morgan fingerprint density at radius 3 is 1.97 bits per heavy atom. The van der Waals surface area contributed by atoms with Crippen LogP contribution in [0.25, 0.3) is 0 Å². The number of aliphatic hydroxyl groups excluding tert-OH is 1. The van der Waals surface area contributed by atoms with Gasteiger partial charge in [-0.05, 0) is 36.7 Å². The lowest BCUT2D eigenvalue weighted by atomic mass is 10.1. The quantitative estimate of drug-likeness (QED) is 0.349. The summed E-state index contributed by atoms with van der Waals surface area (Å²) in [5, 5.41) is 10.3. The van der Waals surface area contributed by atoms with Crippen molar-refractivity contribution in [3.8, 4) is 0 Å². The van der Waals surface area contributed by atoms with Gasteiger partial charge in [0.1, 0.15) is 0 Å². The lowest BCUT2D eigenvalue weighted by Crippen LogP contribution is -2.65. The summed E-state index contributed by atoms with van der Waals surface area (Å²) in [6.45, 7) is 6.88. The molecule has 0 unspecified atom stereocenters. The normalized spacial score (nSPS) is 14.9. The van der Waals surface area contributed by atoms with E-state index in [2.05, 4.69) is 45.1 Å². The first-order valence-corrected chi connectivity index (χ1v) is 10.8. The molecule has 0 bridgehead atoms. The molecule has 168 valence electrons. The Morgan fingerprint density at radius 2 is 1.37 bits per heavy atom. The van der Waals surface area contributed by atoms with Crippen molar-refractivity contribution < 1.29 is 15.6 Å². The summed E-state index contributed by atoms with van der Waals surface area (Å²) in [6, 6.07) is 20.5. The zero-order valence-corrected chi connectivity index (χ0v) is 19.7. The Labute approximate surface area is 196 Å². The van der Waals surface area contributed by atoms with E-state index in [-0.39, 0.29) is 35.5 Å². The summed E-state index contributed by atoms with van der Waals surface area (Å²) in [5.41, 5.74) is 2.35. The Bertz CT molecular complexity index is 700. The summed E-state index contributed by atoms with van der Waals surface area (Å²) >= 11 is 1.49. The highest BCUT2D eigenvalue weighted by atomic mass is 35.5. The van der Waals surface area contributed by atoms with Gasteiger partial charge in [0.15, 0.2) is 0 Å². The molecule has 0 saturated carbocycles. The molecule has 4 N–H and O–H groups in total. The minimum absolute atomic E-state index is 0. The second-order valence-electron chi connectivity index (χ2n) is 6.92. The molecular formula is C22H34Cl2N3O2S+. The molecule has 1 heterocycles. The number of hydrogen-bond donors (Lipinski definition) is 2. The average Bonchev–Trinajstić information content (AvgIpc) is 2.72. The fraction of sp³-hybridized carbons (Fsp3) is 0.409. The Balaban J connectivity index is 0.00000280. The monoisotopic (exact) mass is 474 g/mol. The van der Waals surface area contributed by atoms with Crippen LogP contribution in [0.5, 0.6) is 0 Å². The number of nitrogens with one attached hydrogen (secondary N) is 1. The molecule has 1 aliphatic heterocycles. The molecule has 0 spiro atoms. The SMILES string of the molecule is Cl.Cl.O.OC(=[NH+]c1ccccc1)SCCCN1CCN(CCc2ccccc2)CC1. The fourth-order valence-electron chi connectivity index (χ4n) is 3.31. The number of benzene rings is 2. The van der Waals surface area contributed by atoms with Crippen LogP contribution in [0.3, 0.4) is 0 Å². The standard InChI is InChI=1S/C22H29N3OS.2ClH.H2O/c26-22(23-21-10-5-2-6-11-21)27-19-7-13-24-15-17-25(18-16-24)14-12-20-8-3-1-4-9-20;;;/h1-6,8-11H,7,12-19H2,(H,23,26);2*1H;1H2/p+1. The van der Waals surface area contributed by atoms with E-state index in [1.165, 1.54) is 17.3 Å². The van der Waals surface area contributed by atoms with Gasteiger partial charge in [-0.2, -0.15) is 4.99 Å². The lowest BCUT2D eigenvalue weighted by molar-refractivity contribution is -0.360. The average molecular weight is 476 g/mol. The van der Waals surface area contributed by atoms with Crippen LogP contribution in [-0.4, -0.2) is 70.6 Å². The zero-order valence-electron chi connectivity index (χ0n) is 17.2. The van der Waals surface area contributed by atoms with Crippen molar-refractivity contribution in [1.82, 2.24) is 9.80 Å². The highest BCUT2D eigenvalue weighted by molar-refractivity contribution is 8.13. The molecule has 1 saturated heterocycles. The largest absolute Gasteiger partial charge is 0.455 e. The van der Waals surface area contributed by atoms with Crippen LogP contribution in [0, 0.1) is 0 Å². The summed E-state index contributed by atoms with van der Waals surface area (Å²) in [5.74, 6) is 0.930. The maximum atomic E-state index is 9.98. The fourth-order valence-corrected chi connectivity index (χ4v) is 3.96. The number of halogens is 2. The second kappa shape index (κ2) is 16.4. The molecule has 30 heavy (non-hydrogen) atoms. The van der Waals surface area contributed by atoms with Crippen molar-refractivity contribution in [2.75, 3.05) is 45.0 Å². The van der Waals surface area contributed by atoms with Crippen molar-refractivity contribution in [2.45, 2.75) is 12.8 Å². The predicted molar refractivity (Wildman–Crippen MR) is 133 cm³/mol. The Kier molecular flexibility index (Phi) is 15.7. The van der Waals surface area contributed by atoms with E-state index in [1.807, 2.05) is 30.3 Å². The predicted octanol–water partition coefficient (Wildman–Crippen LogP) is 2.32. The zero-order chi connectivity index (χ0) is 18.7. The van der Waals surface area contributed by atoms with Crippen LogP contribution in [0.4, 0.5) is 5.69 Å². The van der Waals surface area contributed by atoms with Crippen molar-refractivity contribution in [1.29, 1.82) is 0 Å². The lowest BCUT2D eigenvalue weighted by Gasteiger charge is -2.34. The molecule has 3 rings (SSSR count). The molecule has 0 aliphatic carbocycles. The van der Waals surface area contributed by atoms with E-state index >= 15 is 0 Å². The van der Waals surface area contributed by atoms with Gasteiger partial charge in [-0.25, -0.2) is 0 Å². The van der Waals surface area contributed by atoms with Crippen LogP contribution < -0.4 is 4.99 Å². The van der Waals surface area contributed by atoms with Crippen molar-refractivity contribution in [3.05, 3.63) is 66.2 Å². The van der Waals surface area contributed by atoms with Crippen LogP contribution in [0.2, 0.25) is 0 Å². The van der Waals surface area contributed by atoms with Crippen LogP contribution in [0.1, 0.15) is 12.0 Å². The van der Waals surface area contributed by atoms with E-state index in [1.54, 1.807) is 0 Å². The third-order valence-electron chi connectivity index (χ3n) is 4.91. The molecule has 8 heteroatoms. The van der Waals surface area contributed by atoms with Crippen molar-refractivity contribution in [2.24, 2.45) is 0 Å². The van der Waals surface area contributed by atoms with Crippen molar-refractivity contribution in [3.63, 3.8) is 0 Å². The molecule has 0 atom stereocenters. The number of piperazine rings is 1. The van der Waals surface area contributed by atoms with Gasteiger partial charge in [0.25, 0.3) is 0 Å². The van der Waals surface area contributed by atoms with Gasteiger partial charge in [0.05, 0.1) is 0 Å². The number of thioether (sulfide) groups is 1. The molecule has 1 fully saturated rings. The van der Waals surface area contributed by atoms with Crippen LogP contribution in [0.15, 0.2) is 60.7 Å². The van der Waals surface area contributed by atoms with Crippen LogP contribution in [-0.2, 0) is 6.42 Å². The summed E-state index contributed by atoms with van der Waals surface area (Å²) in [7, 11) is 0. The van der Waals surface area contributed by atoms with Gasteiger partial charge in [-0.15, -0.1) is 24.8 Å². The summed E-state index contributed by atoms with van der Waals surface area (Å²) in [6.07, 6.45) is 2.23. The number of nitrogens with zero attached hydrogens (tertiary/aromatic N) is 2. The van der Waals surface area contributed by atoms with Gasteiger partial charge >= 0.3 is 5.23 Å². The van der Waals surface area contributed by atoms with E-state index in [0.717, 1.165) is 63.6 Å². The summed E-state index contributed by atoms with van der Waals surface area (Å²) in [4.78, 5) is 8.14. The maximum absolute atomic E-state index is 9.98. The van der Waals surface area contributed by atoms with Gasteiger partial charge < -0.3 is 20.4 Å². The minimum Gasteiger partial charge on any atom is -0.455 e. The van der Waals surface area contributed by atoms with Gasteiger partial charge in [0.2, 0.25) is 5.69 Å². The second-order valence-corrected chi connectivity index (χ2v) is 8.00. The highest BCUT2D eigenvalue weighted by Crippen LogP contribution is 2.08. The number of hydrogen-bond acceptors (Lipinski definition) is 3. The first kappa shape index (κ1) is 28.7. The Hall–Kier alpha value is -1.28. The molecule has 0 radical (unpaired) electrons. The topological polar surface area (TPSA) is 72.2 Å². The Morgan fingerprint density at radius 1 is 0.833 bits per heavy atom. The number of rotatable bonds is 8. The molecule has 0 amide bonds. The van der Waals surface area contributed by atoms with E-state index in [4.69, 9.17) is 0 Å². The molecule has 0 aromatic heterocycles. The third kappa shape index (κ3) is 10.7. The molecule has 5 nitrogen and oxygen atoms in total. The van der Waals surface area contributed by atoms with Gasteiger partial charge in [-0.1, -0.05) is 48.5 Å². The summed E-state index contributed by atoms with van der Waals surface area (Å²) < 4.78 is 0. The third-order valence-corrected chi connectivity index (χ3v) is 5.78. The molecule has 2 aromatic carbocycles. The minimum atomic E-state index is 0. The number of para-hydroxylation sites is 1. The highest BCUT2D eigenvalue weighted by Gasteiger charge is 2.16. The van der Waals surface area contributed by atoms with E-state index < -0.39 is 0 Å².